The van der Waals surface area contributed by atoms with E-state index >= 15 is 0 Å². The summed E-state index contributed by atoms with van der Waals surface area (Å²) in [5, 5.41) is 3.12. The third kappa shape index (κ3) is 7.22. The van der Waals surface area contributed by atoms with Crippen molar-refractivity contribution in [3.8, 4) is 0 Å². The molecule has 2 amide bonds. The van der Waals surface area contributed by atoms with Gasteiger partial charge in [0.2, 0.25) is 11.8 Å². The number of piperidine rings is 1. The summed E-state index contributed by atoms with van der Waals surface area (Å²) >= 11 is 0. The van der Waals surface area contributed by atoms with Gasteiger partial charge in [0.05, 0.1) is 6.33 Å². The lowest BCUT2D eigenvalue weighted by Crippen LogP contribution is -2.73. The molecule has 1 N–H and O–H groups in total. The molecule has 2 aromatic rings. The second-order valence-electron chi connectivity index (χ2n) is 11.3. The fraction of sp³-hybridized carbons (Fsp3) is 0.633. The van der Waals surface area contributed by atoms with Crippen molar-refractivity contribution in [2.45, 2.75) is 89.8 Å². The summed E-state index contributed by atoms with van der Waals surface area (Å²) in [5.74, 6) is 0.511. The largest absolute Gasteiger partial charge is 0.342 e. The third-order valence-electron chi connectivity index (χ3n) is 8.09. The van der Waals surface area contributed by atoms with Crippen LogP contribution in [0.2, 0.25) is 0 Å². The zero-order valence-electron chi connectivity index (χ0n) is 22.8. The SMILES string of the molecule is CC(C)C[C@@H]1NC(=O)C2(CCN(CCCCCCc3ccccc3)CC2)N(CCCn2ccnc2)C1=O. The maximum absolute atomic E-state index is 13.6. The Kier molecular flexibility index (Phi) is 9.78. The summed E-state index contributed by atoms with van der Waals surface area (Å²) in [5.41, 5.74) is 0.723. The van der Waals surface area contributed by atoms with Gasteiger partial charge in [-0.3, -0.25) is 9.59 Å². The molecule has 2 fully saturated rings. The minimum absolute atomic E-state index is 0.0564. The number of rotatable bonds is 13. The van der Waals surface area contributed by atoms with Crippen LogP contribution in [0.3, 0.4) is 0 Å². The number of likely N-dealkylation sites (tertiary alicyclic amines) is 1. The standard InChI is InChI=1S/C30H45N5O2/c1-25(2)23-27-28(36)35(19-10-18-34-22-16-31-24-34)30(29(37)32-27)14-20-33(21-15-30)17-9-4-3-6-11-26-12-7-5-8-13-26/h5,7-8,12-13,16,22,24-25,27H,3-4,6,9-11,14-15,17-21,23H2,1-2H3,(H,32,37)/t27-/m0/s1. The van der Waals surface area contributed by atoms with Crippen molar-refractivity contribution in [1.29, 1.82) is 0 Å². The molecular formula is C30H45N5O2. The molecule has 4 rings (SSSR count). The van der Waals surface area contributed by atoms with Crippen LogP contribution in [-0.4, -0.2) is 68.9 Å². The number of aryl methyl sites for hydroxylation is 2. The molecule has 7 nitrogen and oxygen atoms in total. The average molecular weight is 508 g/mol. The van der Waals surface area contributed by atoms with Crippen LogP contribution >= 0.6 is 0 Å². The Morgan fingerprint density at radius 1 is 0.973 bits per heavy atom. The highest BCUT2D eigenvalue weighted by Crippen LogP contribution is 2.34. The highest BCUT2D eigenvalue weighted by molar-refractivity contribution is 6.00. The van der Waals surface area contributed by atoms with Crippen LogP contribution in [0.4, 0.5) is 0 Å². The van der Waals surface area contributed by atoms with Crippen LogP contribution in [0.1, 0.15) is 70.8 Å². The number of imidazole rings is 1. The average Bonchev–Trinajstić information content (AvgIpc) is 3.42. The van der Waals surface area contributed by atoms with E-state index in [1.54, 1.807) is 6.20 Å². The van der Waals surface area contributed by atoms with Gasteiger partial charge in [0, 0.05) is 38.6 Å². The molecule has 2 aliphatic rings. The van der Waals surface area contributed by atoms with E-state index in [0.29, 0.717) is 18.9 Å². The molecule has 0 bridgehead atoms. The van der Waals surface area contributed by atoms with E-state index in [4.69, 9.17) is 0 Å². The summed E-state index contributed by atoms with van der Waals surface area (Å²) in [6.45, 7) is 8.44. The van der Waals surface area contributed by atoms with E-state index in [1.807, 2.05) is 22.0 Å². The number of piperazine rings is 1. The lowest BCUT2D eigenvalue weighted by molar-refractivity contribution is -0.161. The van der Waals surface area contributed by atoms with Crippen molar-refractivity contribution in [2.75, 3.05) is 26.2 Å². The topological polar surface area (TPSA) is 70.5 Å². The van der Waals surface area contributed by atoms with Crippen LogP contribution in [-0.2, 0) is 22.6 Å². The first-order valence-electron chi connectivity index (χ1n) is 14.3. The molecule has 0 aliphatic carbocycles. The number of hydrogen-bond acceptors (Lipinski definition) is 4. The van der Waals surface area contributed by atoms with Crippen LogP contribution in [0.5, 0.6) is 0 Å². The molecule has 1 aromatic carbocycles. The number of nitrogens with zero attached hydrogens (tertiary/aromatic N) is 4. The van der Waals surface area contributed by atoms with Gasteiger partial charge in [0.25, 0.3) is 0 Å². The second kappa shape index (κ2) is 13.2. The summed E-state index contributed by atoms with van der Waals surface area (Å²) in [6.07, 6.45) is 14.6. The van der Waals surface area contributed by atoms with Crippen LogP contribution < -0.4 is 5.32 Å². The Morgan fingerprint density at radius 2 is 1.73 bits per heavy atom. The van der Waals surface area contributed by atoms with Gasteiger partial charge in [-0.05, 0) is 63.0 Å². The molecule has 0 unspecified atom stereocenters. The van der Waals surface area contributed by atoms with Crippen molar-refractivity contribution >= 4 is 11.8 Å². The quantitative estimate of drug-likeness (QED) is 0.411. The number of carbonyl (C=O) groups is 2. The van der Waals surface area contributed by atoms with E-state index in [9.17, 15) is 9.59 Å². The summed E-state index contributed by atoms with van der Waals surface area (Å²) in [7, 11) is 0. The summed E-state index contributed by atoms with van der Waals surface area (Å²) < 4.78 is 2.04. The Bertz CT molecular complexity index is 967. The van der Waals surface area contributed by atoms with Crippen LogP contribution in [0.25, 0.3) is 0 Å². The molecule has 0 saturated carbocycles. The summed E-state index contributed by atoms with van der Waals surface area (Å²) in [6, 6.07) is 10.3. The zero-order chi connectivity index (χ0) is 26.1. The molecule has 3 heterocycles. The van der Waals surface area contributed by atoms with Crippen LogP contribution in [0.15, 0.2) is 49.1 Å². The second-order valence-corrected chi connectivity index (χ2v) is 11.3. The Morgan fingerprint density at radius 3 is 2.43 bits per heavy atom. The van der Waals surface area contributed by atoms with Gasteiger partial charge in [-0.15, -0.1) is 0 Å². The first-order chi connectivity index (χ1) is 18.0. The predicted molar refractivity (Wildman–Crippen MR) is 147 cm³/mol. The van der Waals surface area contributed by atoms with E-state index < -0.39 is 11.6 Å². The Balaban J connectivity index is 1.27. The van der Waals surface area contributed by atoms with Crippen molar-refractivity contribution in [3.63, 3.8) is 0 Å². The highest BCUT2D eigenvalue weighted by atomic mass is 16.2. The van der Waals surface area contributed by atoms with Crippen LogP contribution in [0, 0.1) is 5.92 Å². The highest BCUT2D eigenvalue weighted by Gasteiger charge is 2.53. The molecule has 7 heteroatoms. The molecule has 37 heavy (non-hydrogen) atoms. The van der Waals surface area contributed by atoms with Gasteiger partial charge in [0.15, 0.2) is 0 Å². The van der Waals surface area contributed by atoms with Gasteiger partial charge >= 0.3 is 0 Å². The van der Waals surface area contributed by atoms with Crippen molar-refractivity contribution in [1.82, 2.24) is 24.7 Å². The first-order valence-corrected chi connectivity index (χ1v) is 14.3. The molecule has 2 aliphatic heterocycles. The number of aromatic nitrogens is 2. The van der Waals surface area contributed by atoms with Crippen molar-refractivity contribution < 1.29 is 9.59 Å². The number of unbranched alkanes of at least 4 members (excludes halogenated alkanes) is 3. The molecule has 1 atom stereocenters. The maximum Gasteiger partial charge on any atom is 0.246 e. The number of nitrogens with one attached hydrogen (secondary N) is 1. The number of benzene rings is 1. The smallest absolute Gasteiger partial charge is 0.246 e. The van der Waals surface area contributed by atoms with E-state index in [1.165, 1.54) is 31.2 Å². The molecular weight excluding hydrogens is 462 g/mol. The number of hydrogen-bond donors (Lipinski definition) is 1. The first kappa shape index (κ1) is 27.4. The minimum Gasteiger partial charge on any atom is -0.342 e. The van der Waals surface area contributed by atoms with Crippen molar-refractivity contribution in [3.05, 3.63) is 54.6 Å². The molecule has 0 radical (unpaired) electrons. The summed E-state index contributed by atoms with van der Waals surface area (Å²) in [4.78, 5) is 35.7. The lowest BCUT2D eigenvalue weighted by Gasteiger charge is -2.52. The monoisotopic (exact) mass is 507 g/mol. The van der Waals surface area contributed by atoms with Crippen molar-refractivity contribution in [2.24, 2.45) is 5.92 Å². The number of amides is 2. The number of carbonyl (C=O) groups excluding carboxylic acids is 2. The van der Waals surface area contributed by atoms with Gasteiger partial charge < -0.3 is 19.7 Å². The Labute approximate surface area is 222 Å². The molecule has 1 aromatic heterocycles. The maximum atomic E-state index is 13.6. The molecule has 1 spiro atoms. The fourth-order valence-electron chi connectivity index (χ4n) is 5.97. The van der Waals surface area contributed by atoms with E-state index in [2.05, 4.69) is 59.4 Å². The van der Waals surface area contributed by atoms with Gasteiger partial charge in [-0.1, -0.05) is 57.0 Å². The lowest BCUT2D eigenvalue weighted by atomic mass is 9.80. The Hall–Kier alpha value is -2.67. The third-order valence-corrected chi connectivity index (χ3v) is 8.09. The predicted octanol–water partition coefficient (Wildman–Crippen LogP) is 4.28. The zero-order valence-corrected chi connectivity index (χ0v) is 22.8. The normalized spacial score (nSPS) is 20.1. The molecule has 202 valence electrons. The van der Waals surface area contributed by atoms with Gasteiger partial charge in [-0.2, -0.15) is 0 Å². The fourth-order valence-corrected chi connectivity index (χ4v) is 5.97. The molecule has 2 saturated heterocycles. The van der Waals surface area contributed by atoms with E-state index in [0.717, 1.165) is 51.9 Å². The minimum atomic E-state index is -0.703. The van der Waals surface area contributed by atoms with E-state index in [-0.39, 0.29) is 11.8 Å². The van der Waals surface area contributed by atoms with Gasteiger partial charge in [0.1, 0.15) is 11.6 Å². The van der Waals surface area contributed by atoms with Gasteiger partial charge in [-0.25, -0.2) is 4.98 Å².